The molecule has 0 aliphatic carbocycles. The zero-order valence-corrected chi connectivity index (χ0v) is 82.5. The number of ether oxygens (including phenoxy) is 2. The SMILES string of the molecule is CC(CO)CNC(=O)/C(C#N)=C/c1ccc(-c2ccc3cc(N4CCN(C)CC4)ccc3c2)o1.CC(CO)CNC(=O)/C(C#N)=C/c1ccc(-c2ccc3cc(NCCN4CCOCC4)ccc3c2)o1.CC(CO)CNS(=O)(=O)/C(C#N)=C/c1ccc(-c2ccc3cc(N4CCN(C)CC4)ccc3c2)o1.CC(CO)CNS(=O)(=O)/C(C#N)=C/c1ccc(-c2ccc3cc(NCCN4CCOCC4)ccc3c2)o1. The molecule has 8 aromatic carbocycles. The summed E-state index contributed by atoms with van der Waals surface area (Å²) < 4.78 is 88.8. The monoisotopic (exact) mass is 1960 g/mol. The van der Waals surface area contributed by atoms with E-state index in [1.54, 1.807) is 62.4 Å². The van der Waals surface area contributed by atoms with Gasteiger partial charge in [-0.1, -0.05) is 100 Å². The van der Waals surface area contributed by atoms with Gasteiger partial charge in [0.1, 0.15) is 81.5 Å². The summed E-state index contributed by atoms with van der Waals surface area (Å²) in [6, 6.07) is 71.1. The average molecular weight is 1970 g/mol. The number of nitrogens with zero attached hydrogens (tertiary/aromatic N) is 10. The summed E-state index contributed by atoms with van der Waals surface area (Å²) in [7, 11) is -3.72. The molecule has 4 saturated heterocycles. The van der Waals surface area contributed by atoms with Crippen LogP contribution in [0.1, 0.15) is 50.7 Å². The largest absolute Gasteiger partial charge is 0.457 e. The molecule has 10 N–H and O–H groups in total. The summed E-state index contributed by atoms with van der Waals surface area (Å²) >= 11 is 0. The van der Waals surface area contributed by atoms with Crippen molar-refractivity contribution in [1.82, 2.24) is 39.7 Å². The molecule has 0 radical (unpaired) electrons. The van der Waals surface area contributed by atoms with Gasteiger partial charge in [-0.15, -0.1) is 0 Å². The second kappa shape index (κ2) is 51.7. The van der Waals surface area contributed by atoms with Crippen molar-refractivity contribution in [3.05, 3.63) is 238 Å². The van der Waals surface area contributed by atoms with E-state index in [1.807, 2.05) is 80.6 Å². The molecule has 4 fully saturated rings. The number of nitriles is 4. The van der Waals surface area contributed by atoms with Gasteiger partial charge in [-0.05, 0) is 202 Å². The number of rotatable bonds is 36. The van der Waals surface area contributed by atoms with Crippen LogP contribution in [0.5, 0.6) is 0 Å². The van der Waals surface area contributed by atoms with Gasteiger partial charge in [-0.3, -0.25) is 19.4 Å². The molecule has 32 nitrogen and oxygen atoms in total. The highest BCUT2D eigenvalue weighted by Gasteiger charge is 2.25. The summed E-state index contributed by atoms with van der Waals surface area (Å²) in [5.41, 5.74) is 8.07. The number of piperazine rings is 2. The van der Waals surface area contributed by atoms with Crippen LogP contribution in [-0.2, 0) is 39.1 Å². The lowest BCUT2D eigenvalue weighted by Gasteiger charge is -2.34. The van der Waals surface area contributed by atoms with Crippen LogP contribution in [0, 0.1) is 69.0 Å². The molecule has 12 aromatic rings. The molecule has 4 aromatic heterocycles. The van der Waals surface area contributed by atoms with Crippen molar-refractivity contribution in [2.75, 3.05) is 218 Å². The van der Waals surface area contributed by atoms with Gasteiger partial charge in [-0.25, -0.2) is 26.3 Å². The van der Waals surface area contributed by atoms with E-state index < -0.39 is 41.7 Å². The number of furan rings is 4. The van der Waals surface area contributed by atoms with Crippen molar-refractivity contribution in [1.29, 1.82) is 21.0 Å². The Labute approximate surface area is 829 Å². The van der Waals surface area contributed by atoms with Crippen molar-refractivity contribution >= 4 is 122 Å². The number of aliphatic hydroxyl groups excluding tert-OH is 4. The van der Waals surface area contributed by atoms with Gasteiger partial charge in [0.05, 0.1) is 26.4 Å². The molecule has 2 amide bonds. The number of morpholine rings is 2. The number of carbonyl (C=O) groups excluding carboxylic acids is 2. The molecule has 744 valence electrons. The molecule has 4 aliphatic heterocycles. The van der Waals surface area contributed by atoms with Crippen LogP contribution in [0.25, 0.3) is 113 Å². The van der Waals surface area contributed by atoms with Crippen molar-refractivity contribution in [2.45, 2.75) is 27.7 Å². The van der Waals surface area contributed by atoms with E-state index in [2.05, 4.69) is 177 Å². The molecule has 8 heterocycles. The standard InChI is InChI=1S/C28H32N4O4.C27H32N4O5S.C27H30N4O3.C26H30N4O4S/c1-20(19-33)18-31-28(34)24(17-29)16-26-6-7-27(36-26)23-3-2-22-15-25(5-4-21(22)14-23)30-8-9-32-10-12-35-13-11-32;1-20(19-32)18-30-37(33,34)26(17-28)16-25-6-7-27(36-25)23-3-2-22-15-24(5-4-21(22)14-23)29-8-9-31-10-12-35-13-11-31;1-19(18-32)17-29-27(33)23(16-28)15-25-7-8-26(34-25)22-4-3-21-14-24(6-5-20(21)13-22)31-11-9-30(2)10-12-31;1-19(18-31)17-28-35(32,33)25(16-27)15-24-7-8-26(34-24)22-4-3-21-14-23(6-5-20(21)13-22)30-11-9-29(2)10-12-30/h2-7,14-16,20,30,33H,8-13,18-19H2,1H3,(H,31,34);2-7,14-16,20,29-30,32H,8-13,18-19H2,1H3;3-8,13-15,19,32H,9-12,17-18H2,1-2H3,(H,29,33);3-8,13-15,19,28,31H,9-12,17-18H2,1-2H3/b24-16+;26-16+;23-15+;25-15+. The van der Waals surface area contributed by atoms with E-state index in [1.165, 1.54) is 41.1 Å². The average Bonchev–Trinajstić information content (AvgIpc) is 1.20. The zero-order chi connectivity index (χ0) is 101. The van der Waals surface area contributed by atoms with Crippen molar-refractivity contribution in [2.24, 2.45) is 23.7 Å². The number of nitrogens with one attached hydrogen (secondary N) is 6. The van der Waals surface area contributed by atoms with Crippen LogP contribution < -0.4 is 40.5 Å². The van der Waals surface area contributed by atoms with E-state index in [-0.39, 0.29) is 85.9 Å². The van der Waals surface area contributed by atoms with Crippen LogP contribution in [0.15, 0.2) is 233 Å². The number of likely N-dealkylation sites (N-methyl/N-ethyl adjacent to an activating group) is 2. The lowest BCUT2D eigenvalue weighted by Crippen LogP contribution is -2.44. The quantitative estimate of drug-likeness (QED) is 0.0129. The Morgan fingerprint density at radius 3 is 0.958 bits per heavy atom. The molecule has 4 unspecified atom stereocenters. The number of carbonyl (C=O) groups is 2. The number of benzene rings is 8. The number of anilines is 4. The van der Waals surface area contributed by atoms with Gasteiger partial charge in [0.15, 0.2) is 9.81 Å². The number of aliphatic hydroxyl groups is 4. The van der Waals surface area contributed by atoms with Crippen LogP contribution in [-0.4, -0.2) is 267 Å². The van der Waals surface area contributed by atoms with E-state index in [9.17, 15) is 47.5 Å². The Hall–Kier alpha value is -13.6. The van der Waals surface area contributed by atoms with Gasteiger partial charge >= 0.3 is 0 Å². The predicted octanol–water partition coefficient (Wildman–Crippen LogP) is 13.5. The minimum absolute atomic E-state index is 0.0312. The van der Waals surface area contributed by atoms with Crippen LogP contribution in [0.4, 0.5) is 22.7 Å². The number of fused-ring (bicyclic) bond motifs is 4. The van der Waals surface area contributed by atoms with Crippen LogP contribution >= 0.6 is 0 Å². The smallest absolute Gasteiger partial charge is 0.262 e. The second-order valence-electron chi connectivity index (χ2n) is 36.1. The summed E-state index contributed by atoms with van der Waals surface area (Å²) in [5, 5.41) is 95.1. The first-order valence-electron chi connectivity index (χ1n) is 47.7. The Bertz CT molecular complexity index is 6870. The highest BCUT2D eigenvalue weighted by Crippen LogP contribution is 2.36. The highest BCUT2D eigenvalue weighted by atomic mass is 32.2. The number of allylic oxidation sites excluding steroid dienone is 2. The van der Waals surface area contributed by atoms with Crippen molar-refractivity contribution in [3.8, 4) is 69.6 Å². The van der Waals surface area contributed by atoms with Gasteiger partial charge in [0.25, 0.3) is 31.9 Å². The summed E-state index contributed by atoms with van der Waals surface area (Å²) in [6.45, 7) is 26.5. The zero-order valence-electron chi connectivity index (χ0n) is 80.9. The highest BCUT2D eigenvalue weighted by molar-refractivity contribution is 7.94. The third-order valence-corrected chi connectivity index (χ3v) is 27.5. The lowest BCUT2D eigenvalue weighted by molar-refractivity contribution is -0.118. The minimum atomic E-state index is -4.01. The number of amides is 2. The summed E-state index contributed by atoms with van der Waals surface area (Å²) in [4.78, 5) is 37.9. The molecule has 4 aliphatic rings. The number of hydrogen-bond donors (Lipinski definition) is 10. The molecule has 142 heavy (non-hydrogen) atoms. The molecular weight excluding hydrogens is 1840 g/mol. The van der Waals surface area contributed by atoms with E-state index in [4.69, 9.17) is 47.6 Å². The van der Waals surface area contributed by atoms with E-state index >= 15 is 0 Å². The lowest BCUT2D eigenvalue weighted by atomic mass is 10.0. The maximum atomic E-state index is 12.4. The third-order valence-electron chi connectivity index (χ3n) is 24.8. The van der Waals surface area contributed by atoms with Gasteiger partial charge in [-0.2, -0.15) is 21.0 Å². The van der Waals surface area contributed by atoms with Gasteiger partial charge in [0, 0.05) is 227 Å². The molecule has 16 rings (SSSR count). The molecule has 4 atom stereocenters. The molecule has 34 heteroatoms. The summed E-state index contributed by atoms with van der Waals surface area (Å²) in [6.07, 6.45) is 5.27. The Kier molecular flexibility index (Phi) is 38.5. The maximum Gasteiger partial charge on any atom is 0.262 e. The molecule has 0 saturated carbocycles. The summed E-state index contributed by atoms with van der Waals surface area (Å²) in [5.74, 6) is 2.19. The predicted molar refractivity (Wildman–Crippen MR) is 557 cm³/mol. The number of sulfonamides is 2. The Morgan fingerprint density at radius 1 is 0.359 bits per heavy atom. The van der Waals surface area contributed by atoms with Crippen LogP contribution in [0.3, 0.4) is 0 Å². The van der Waals surface area contributed by atoms with Crippen molar-refractivity contribution in [3.63, 3.8) is 0 Å². The Balaban J connectivity index is 0.000000159. The fourth-order valence-corrected chi connectivity index (χ4v) is 17.9. The third kappa shape index (κ3) is 30.2. The molecule has 0 spiro atoms. The van der Waals surface area contributed by atoms with E-state index in [0.29, 0.717) is 47.7 Å². The first-order valence-corrected chi connectivity index (χ1v) is 50.6. The van der Waals surface area contributed by atoms with Gasteiger partial charge in [0.2, 0.25) is 0 Å². The van der Waals surface area contributed by atoms with Gasteiger partial charge < -0.3 is 88.4 Å². The first-order chi connectivity index (χ1) is 68.7. The maximum absolute atomic E-state index is 12.4. The normalized spacial score (nSPS) is 15.9. The minimum Gasteiger partial charge on any atom is -0.457 e. The topological polar surface area (TPSA) is 441 Å². The molecular formula is C108H124N16O16S2. The van der Waals surface area contributed by atoms with Crippen molar-refractivity contribution < 1.29 is 74.0 Å². The first kappa shape index (κ1) is 106. The van der Waals surface area contributed by atoms with Crippen LogP contribution in [0.2, 0.25) is 0 Å². The molecule has 0 bridgehead atoms. The Morgan fingerprint density at radius 2 is 0.648 bits per heavy atom. The van der Waals surface area contributed by atoms with E-state index in [0.717, 1.165) is 202 Å². The number of hydrogen-bond acceptors (Lipinski definition) is 28. The fourth-order valence-electron chi connectivity index (χ4n) is 15.8. The second-order valence-corrected chi connectivity index (χ2v) is 39.5. The fraction of sp³-hybridized carbons (Fsp3) is 0.352.